The summed E-state index contributed by atoms with van der Waals surface area (Å²) in [5.74, 6) is 0.0583. The molecule has 0 radical (unpaired) electrons. The Bertz CT molecular complexity index is 1330. The SMILES string of the molecule is CCOCCOc1c(N2CCN(S(=O)(=O)C3CC3)CC2)cnn(-c2cccc(S(C)(=O)=O)c2)c1=O. The molecule has 0 unspecified atom stereocenters. The van der Waals surface area contributed by atoms with Crippen molar-refractivity contribution in [1.29, 1.82) is 0 Å². The molecule has 11 nitrogen and oxygen atoms in total. The normalized spacial score (nSPS) is 17.5. The molecule has 0 atom stereocenters. The molecule has 1 aliphatic heterocycles. The van der Waals surface area contributed by atoms with Gasteiger partial charge in [0.1, 0.15) is 12.3 Å². The Kier molecular flexibility index (Phi) is 7.50. The summed E-state index contributed by atoms with van der Waals surface area (Å²) >= 11 is 0. The Labute approximate surface area is 205 Å². The maximum Gasteiger partial charge on any atom is 0.316 e. The summed E-state index contributed by atoms with van der Waals surface area (Å²) in [6.45, 7) is 4.20. The molecular weight excluding hydrogens is 496 g/mol. The molecular formula is C22H30N4O7S2. The molecule has 1 saturated heterocycles. The van der Waals surface area contributed by atoms with Crippen LogP contribution in [0.3, 0.4) is 0 Å². The lowest BCUT2D eigenvalue weighted by Gasteiger charge is -2.35. The van der Waals surface area contributed by atoms with Crippen LogP contribution in [0.15, 0.2) is 40.2 Å². The van der Waals surface area contributed by atoms with Crippen LogP contribution in [0.25, 0.3) is 5.69 Å². The standard InChI is InChI=1S/C22H30N4O7S2/c1-3-32-13-14-33-21-20(24-9-11-25(12-10-24)35(30,31)18-7-8-18)16-23-26(22(21)27)17-5-4-6-19(15-17)34(2,28)29/h4-6,15-16,18H,3,7-14H2,1-2H3. The topological polar surface area (TPSA) is 128 Å². The number of aromatic nitrogens is 2. The lowest BCUT2D eigenvalue weighted by molar-refractivity contribution is 0.109. The van der Waals surface area contributed by atoms with Gasteiger partial charge in [0, 0.05) is 39.0 Å². The Morgan fingerprint density at radius 1 is 1.06 bits per heavy atom. The summed E-state index contributed by atoms with van der Waals surface area (Å²) < 4.78 is 62.9. The fourth-order valence-electron chi connectivity index (χ4n) is 3.93. The van der Waals surface area contributed by atoms with E-state index in [4.69, 9.17) is 9.47 Å². The largest absolute Gasteiger partial charge is 0.484 e. The monoisotopic (exact) mass is 526 g/mol. The Morgan fingerprint density at radius 2 is 1.77 bits per heavy atom. The Morgan fingerprint density at radius 3 is 2.40 bits per heavy atom. The zero-order valence-electron chi connectivity index (χ0n) is 19.8. The zero-order valence-corrected chi connectivity index (χ0v) is 21.4. The second-order valence-corrected chi connectivity index (χ2v) is 12.7. The van der Waals surface area contributed by atoms with Crippen LogP contribution in [-0.4, -0.2) is 88.4 Å². The number of ether oxygens (including phenoxy) is 2. The molecule has 1 aromatic carbocycles. The van der Waals surface area contributed by atoms with Crippen molar-refractivity contribution in [2.24, 2.45) is 0 Å². The van der Waals surface area contributed by atoms with Crippen LogP contribution in [0, 0.1) is 0 Å². The van der Waals surface area contributed by atoms with Gasteiger partial charge < -0.3 is 14.4 Å². The quantitative estimate of drug-likeness (QED) is 0.410. The average molecular weight is 527 g/mol. The van der Waals surface area contributed by atoms with E-state index in [-0.39, 0.29) is 29.1 Å². The molecule has 2 heterocycles. The third kappa shape index (κ3) is 5.68. The molecule has 192 valence electrons. The molecule has 1 saturated carbocycles. The predicted molar refractivity (Wildman–Crippen MR) is 131 cm³/mol. The minimum absolute atomic E-state index is 0.0583. The number of sulfonamides is 1. The van der Waals surface area contributed by atoms with Crippen molar-refractivity contribution < 1.29 is 26.3 Å². The highest BCUT2D eigenvalue weighted by molar-refractivity contribution is 7.90. The molecule has 13 heteroatoms. The zero-order chi connectivity index (χ0) is 25.2. The smallest absolute Gasteiger partial charge is 0.316 e. The highest BCUT2D eigenvalue weighted by Crippen LogP contribution is 2.32. The number of benzene rings is 1. The van der Waals surface area contributed by atoms with Crippen molar-refractivity contribution in [3.05, 3.63) is 40.8 Å². The third-order valence-electron chi connectivity index (χ3n) is 5.97. The van der Waals surface area contributed by atoms with Crippen molar-refractivity contribution in [1.82, 2.24) is 14.1 Å². The lowest BCUT2D eigenvalue weighted by Crippen LogP contribution is -2.50. The van der Waals surface area contributed by atoms with E-state index >= 15 is 0 Å². The minimum Gasteiger partial charge on any atom is -0.484 e. The van der Waals surface area contributed by atoms with Gasteiger partial charge in [0.05, 0.1) is 28.6 Å². The van der Waals surface area contributed by atoms with Crippen LogP contribution < -0.4 is 15.2 Å². The van der Waals surface area contributed by atoms with Crippen molar-refractivity contribution in [3.63, 3.8) is 0 Å². The molecule has 0 spiro atoms. The summed E-state index contributed by atoms with van der Waals surface area (Å²) in [4.78, 5) is 15.4. The summed E-state index contributed by atoms with van der Waals surface area (Å²) in [5, 5.41) is 4.02. The van der Waals surface area contributed by atoms with Crippen LogP contribution in [0.4, 0.5) is 5.69 Å². The average Bonchev–Trinajstić information content (AvgIpc) is 3.68. The summed E-state index contributed by atoms with van der Waals surface area (Å²) in [5.41, 5.74) is 0.211. The molecule has 35 heavy (non-hydrogen) atoms. The van der Waals surface area contributed by atoms with Crippen molar-refractivity contribution in [2.75, 3.05) is 57.2 Å². The van der Waals surface area contributed by atoms with Gasteiger partial charge >= 0.3 is 5.56 Å². The number of sulfone groups is 1. The van der Waals surface area contributed by atoms with Gasteiger partial charge in [0.25, 0.3) is 0 Å². The molecule has 2 aliphatic rings. The predicted octanol–water partition coefficient (Wildman–Crippen LogP) is 0.666. The molecule has 4 rings (SSSR count). The molecule has 2 aromatic rings. The van der Waals surface area contributed by atoms with Gasteiger partial charge in [-0.25, -0.2) is 16.8 Å². The van der Waals surface area contributed by atoms with E-state index in [1.54, 1.807) is 12.1 Å². The number of rotatable bonds is 10. The molecule has 0 N–H and O–H groups in total. The van der Waals surface area contributed by atoms with Crippen LogP contribution in [0.5, 0.6) is 5.75 Å². The van der Waals surface area contributed by atoms with E-state index in [9.17, 15) is 21.6 Å². The molecule has 0 amide bonds. The first-order valence-electron chi connectivity index (χ1n) is 11.5. The number of anilines is 1. The van der Waals surface area contributed by atoms with Gasteiger partial charge in [-0.3, -0.25) is 4.79 Å². The van der Waals surface area contributed by atoms with Crippen molar-refractivity contribution in [2.45, 2.75) is 29.9 Å². The number of piperazine rings is 1. The first-order valence-corrected chi connectivity index (χ1v) is 14.9. The van der Waals surface area contributed by atoms with Crippen LogP contribution in [0.2, 0.25) is 0 Å². The number of hydrogen-bond donors (Lipinski definition) is 0. The van der Waals surface area contributed by atoms with E-state index in [0.717, 1.165) is 10.9 Å². The molecule has 1 aromatic heterocycles. The van der Waals surface area contributed by atoms with Gasteiger partial charge in [-0.05, 0) is 38.0 Å². The summed E-state index contributed by atoms with van der Waals surface area (Å²) in [6.07, 6.45) is 4.01. The minimum atomic E-state index is -3.47. The van der Waals surface area contributed by atoms with Crippen molar-refractivity contribution >= 4 is 25.5 Å². The van der Waals surface area contributed by atoms with E-state index in [0.29, 0.717) is 57.0 Å². The fourth-order valence-corrected chi connectivity index (χ4v) is 6.41. The Hall–Kier alpha value is -2.48. The summed E-state index contributed by atoms with van der Waals surface area (Å²) in [6, 6.07) is 5.97. The first kappa shape index (κ1) is 25.6. The molecule has 1 aliphatic carbocycles. The third-order valence-corrected chi connectivity index (χ3v) is 9.48. The molecule has 0 bridgehead atoms. The summed E-state index contributed by atoms with van der Waals surface area (Å²) in [7, 11) is -6.74. The van der Waals surface area contributed by atoms with Crippen LogP contribution in [-0.2, 0) is 24.6 Å². The Balaban J connectivity index is 1.64. The van der Waals surface area contributed by atoms with Crippen LogP contribution >= 0.6 is 0 Å². The fraction of sp³-hybridized carbons (Fsp3) is 0.545. The maximum absolute atomic E-state index is 13.4. The first-order chi connectivity index (χ1) is 16.6. The van der Waals surface area contributed by atoms with Gasteiger partial charge in [0.2, 0.25) is 15.8 Å². The van der Waals surface area contributed by atoms with E-state index in [1.165, 1.54) is 22.6 Å². The highest BCUT2D eigenvalue weighted by Gasteiger charge is 2.41. The second kappa shape index (κ2) is 10.2. The van der Waals surface area contributed by atoms with E-state index in [1.807, 2.05) is 11.8 Å². The molecule has 2 fully saturated rings. The van der Waals surface area contributed by atoms with E-state index < -0.39 is 25.4 Å². The second-order valence-electron chi connectivity index (χ2n) is 8.52. The highest BCUT2D eigenvalue weighted by atomic mass is 32.2. The number of nitrogens with zero attached hydrogens (tertiary/aromatic N) is 4. The van der Waals surface area contributed by atoms with Gasteiger partial charge in [-0.15, -0.1) is 0 Å². The van der Waals surface area contributed by atoms with Crippen LogP contribution in [0.1, 0.15) is 19.8 Å². The van der Waals surface area contributed by atoms with E-state index in [2.05, 4.69) is 5.10 Å². The van der Waals surface area contributed by atoms with Gasteiger partial charge in [-0.1, -0.05) is 6.07 Å². The van der Waals surface area contributed by atoms with Gasteiger partial charge in [0.15, 0.2) is 9.84 Å². The van der Waals surface area contributed by atoms with Crippen molar-refractivity contribution in [3.8, 4) is 11.4 Å². The lowest BCUT2D eigenvalue weighted by atomic mass is 10.3. The maximum atomic E-state index is 13.4. The number of hydrogen-bond acceptors (Lipinski definition) is 9. The van der Waals surface area contributed by atoms with Gasteiger partial charge in [-0.2, -0.15) is 14.1 Å².